The number of amides is 1. The van der Waals surface area contributed by atoms with E-state index in [4.69, 9.17) is 9.72 Å². The number of anilines is 1. The van der Waals surface area contributed by atoms with Gasteiger partial charge in [-0.25, -0.2) is 9.37 Å². The van der Waals surface area contributed by atoms with Crippen LogP contribution in [0, 0.1) is 5.82 Å². The van der Waals surface area contributed by atoms with Crippen LogP contribution in [0.3, 0.4) is 0 Å². The van der Waals surface area contributed by atoms with Crippen LogP contribution in [-0.4, -0.2) is 65.3 Å². The molecule has 0 bridgehead atoms. The molecule has 3 aliphatic rings. The molecule has 0 atom stereocenters. The number of aromatic amines is 1. The summed E-state index contributed by atoms with van der Waals surface area (Å²) in [6, 6.07) is 3.71. The second kappa shape index (κ2) is 7.64. The van der Waals surface area contributed by atoms with Gasteiger partial charge in [-0.1, -0.05) is 0 Å². The van der Waals surface area contributed by atoms with Gasteiger partial charge >= 0.3 is 0 Å². The minimum Gasteiger partial charge on any atom is -0.505 e. The number of nitrogens with one attached hydrogen (secondary N) is 1. The molecule has 2 aromatic rings. The number of piperidine rings is 1. The number of carbonyl (C=O) groups is 1. The predicted molar refractivity (Wildman–Crippen MR) is 111 cm³/mol. The first kappa shape index (κ1) is 20.0. The summed E-state index contributed by atoms with van der Waals surface area (Å²) in [5.41, 5.74) is 1.59. The number of hydrogen-bond donors (Lipinski definition) is 2. The van der Waals surface area contributed by atoms with Crippen LogP contribution in [0.25, 0.3) is 0 Å². The molecule has 1 aromatic carbocycles. The number of fused-ring (bicyclic) bond motifs is 2. The number of carbonyl (C=O) groups excluding carboxylic acids is 1. The molecular formula is C22H25FN4O4. The number of nitrogens with zero attached hydrogens (tertiary/aromatic N) is 3. The van der Waals surface area contributed by atoms with Gasteiger partial charge in [0.05, 0.1) is 18.9 Å². The van der Waals surface area contributed by atoms with Crippen molar-refractivity contribution in [1.29, 1.82) is 0 Å². The van der Waals surface area contributed by atoms with E-state index in [2.05, 4.69) is 9.88 Å². The molecular weight excluding hydrogens is 403 g/mol. The highest BCUT2D eigenvalue weighted by Gasteiger charge is 2.45. The normalized spacial score (nSPS) is 20.2. The van der Waals surface area contributed by atoms with Crippen LogP contribution >= 0.6 is 0 Å². The highest BCUT2D eigenvalue weighted by Crippen LogP contribution is 2.44. The van der Waals surface area contributed by atoms with Gasteiger partial charge in [-0.2, -0.15) is 0 Å². The molecule has 9 heteroatoms. The number of aromatic hydroxyl groups is 1. The number of phenolic OH excluding ortho intramolecular Hbond substituents is 1. The molecule has 31 heavy (non-hydrogen) atoms. The van der Waals surface area contributed by atoms with E-state index in [0.717, 1.165) is 23.7 Å². The van der Waals surface area contributed by atoms with E-state index in [1.54, 1.807) is 4.90 Å². The van der Waals surface area contributed by atoms with Crippen molar-refractivity contribution in [3.05, 3.63) is 51.2 Å². The third-order valence-corrected chi connectivity index (χ3v) is 6.87. The van der Waals surface area contributed by atoms with Gasteiger partial charge in [-0.05, 0) is 43.9 Å². The number of rotatable bonds is 2. The molecule has 2 N–H and O–H groups in total. The van der Waals surface area contributed by atoms with Gasteiger partial charge in [0.25, 0.3) is 11.5 Å². The number of morpholine rings is 1. The van der Waals surface area contributed by atoms with Crippen LogP contribution < -0.4 is 10.5 Å². The zero-order chi connectivity index (χ0) is 21.6. The van der Waals surface area contributed by atoms with Gasteiger partial charge < -0.3 is 19.6 Å². The number of aromatic nitrogens is 2. The Kier molecular flexibility index (Phi) is 4.92. The van der Waals surface area contributed by atoms with Gasteiger partial charge in [-0.3, -0.25) is 14.6 Å². The Morgan fingerprint density at radius 3 is 2.61 bits per heavy atom. The van der Waals surface area contributed by atoms with Crippen molar-refractivity contribution < 1.29 is 19.0 Å². The summed E-state index contributed by atoms with van der Waals surface area (Å²) in [5.74, 6) is -0.918. The third-order valence-electron chi connectivity index (χ3n) is 6.87. The summed E-state index contributed by atoms with van der Waals surface area (Å²) < 4.78 is 19.1. The molecule has 2 aliphatic heterocycles. The van der Waals surface area contributed by atoms with E-state index < -0.39 is 11.6 Å². The van der Waals surface area contributed by atoms with Crippen molar-refractivity contribution >= 4 is 11.9 Å². The van der Waals surface area contributed by atoms with Crippen molar-refractivity contribution in [2.45, 2.75) is 31.1 Å². The maximum absolute atomic E-state index is 13.7. The molecule has 2 fully saturated rings. The van der Waals surface area contributed by atoms with Gasteiger partial charge in [0.15, 0.2) is 11.6 Å². The minimum absolute atomic E-state index is 0.0681. The van der Waals surface area contributed by atoms with E-state index in [9.17, 15) is 19.1 Å². The Bertz CT molecular complexity index is 1070. The van der Waals surface area contributed by atoms with Crippen LogP contribution in [0.15, 0.2) is 23.0 Å². The number of H-pyrrole nitrogens is 1. The molecule has 1 aliphatic carbocycles. The molecule has 3 heterocycles. The molecule has 1 spiro atoms. The summed E-state index contributed by atoms with van der Waals surface area (Å²) in [6.07, 6.45) is 2.97. The SMILES string of the molecule is O=C(c1ccc(O)c(F)c1)N1CCC2(CCc3c2nc(N2CCOCC2)[nH]c3=O)CC1. The first-order valence-electron chi connectivity index (χ1n) is 10.7. The quantitative estimate of drug-likeness (QED) is 0.754. The average molecular weight is 428 g/mol. The monoisotopic (exact) mass is 428 g/mol. The fourth-order valence-electron chi connectivity index (χ4n) is 5.01. The number of phenols is 1. The van der Waals surface area contributed by atoms with Crippen LogP contribution in [0.5, 0.6) is 5.75 Å². The Morgan fingerprint density at radius 1 is 1.16 bits per heavy atom. The number of hydrogen-bond acceptors (Lipinski definition) is 6. The van der Waals surface area contributed by atoms with E-state index in [-0.39, 0.29) is 22.4 Å². The molecule has 1 aromatic heterocycles. The smallest absolute Gasteiger partial charge is 0.255 e. The summed E-state index contributed by atoms with van der Waals surface area (Å²) in [6.45, 7) is 3.65. The van der Waals surface area contributed by atoms with E-state index >= 15 is 0 Å². The number of halogens is 1. The highest BCUT2D eigenvalue weighted by molar-refractivity contribution is 5.94. The van der Waals surface area contributed by atoms with E-state index in [1.807, 2.05) is 0 Å². The van der Waals surface area contributed by atoms with Crippen LogP contribution in [0.2, 0.25) is 0 Å². The van der Waals surface area contributed by atoms with E-state index in [0.29, 0.717) is 64.6 Å². The number of benzene rings is 1. The number of likely N-dealkylation sites (tertiary alicyclic amines) is 1. The second-order valence-corrected chi connectivity index (χ2v) is 8.55. The fourth-order valence-corrected chi connectivity index (χ4v) is 5.01. The lowest BCUT2D eigenvalue weighted by molar-refractivity contribution is 0.0663. The molecule has 8 nitrogen and oxygen atoms in total. The van der Waals surface area contributed by atoms with Gasteiger partial charge in [0.1, 0.15) is 0 Å². The van der Waals surface area contributed by atoms with Crippen molar-refractivity contribution in [2.75, 3.05) is 44.3 Å². The maximum atomic E-state index is 13.7. The first-order valence-corrected chi connectivity index (χ1v) is 10.7. The lowest BCUT2D eigenvalue weighted by Gasteiger charge is -2.39. The molecule has 5 rings (SSSR count). The average Bonchev–Trinajstić information content (AvgIpc) is 3.15. The largest absolute Gasteiger partial charge is 0.505 e. The Hall–Kier alpha value is -2.94. The van der Waals surface area contributed by atoms with Gasteiger partial charge in [-0.15, -0.1) is 0 Å². The second-order valence-electron chi connectivity index (χ2n) is 8.55. The maximum Gasteiger partial charge on any atom is 0.255 e. The molecule has 2 saturated heterocycles. The van der Waals surface area contributed by atoms with E-state index in [1.165, 1.54) is 12.1 Å². The Balaban J connectivity index is 1.36. The molecule has 164 valence electrons. The van der Waals surface area contributed by atoms with Crippen LogP contribution in [0.4, 0.5) is 10.3 Å². The third kappa shape index (κ3) is 3.46. The standard InChI is InChI=1S/C22H25FN4O4/c23-16-13-14(1-2-17(16)28)20(30)26-7-5-22(6-8-26)4-3-15-18(22)24-21(25-19(15)29)27-9-11-31-12-10-27/h1-2,13,28H,3-12H2,(H,24,25,29). The van der Waals surface area contributed by atoms with Crippen molar-refractivity contribution in [1.82, 2.24) is 14.9 Å². The summed E-state index contributed by atoms with van der Waals surface area (Å²) in [5, 5.41) is 9.36. The van der Waals surface area contributed by atoms with Crippen molar-refractivity contribution in [3.8, 4) is 5.75 Å². The highest BCUT2D eigenvalue weighted by atomic mass is 19.1. The van der Waals surface area contributed by atoms with Gasteiger partial charge in [0.2, 0.25) is 5.95 Å². The lowest BCUT2D eigenvalue weighted by atomic mass is 9.76. The molecule has 0 unspecified atom stereocenters. The number of ether oxygens (including phenoxy) is 1. The van der Waals surface area contributed by atoms with Crippen LogP contribution in [0.1, 0.15) is 40.9 Å². The van der Waals surface area contributed by atoms with Gasteiger partial charge in [0, 0.05) is 42.7 Å². The zero-order valence-electron chi connectivity index (χ0n) is 17.2. The Labute approximate surface area is 178 Å². The van der Waals surface area contributed by atoms with Crippen molar-refractivity contribution in [3.63, 3.8) is 0 Å². The lowest BCUT2D eigenvalue weighted by Crippen LogP contribution is -2.45. The molecule has 0 saturated carbocycles. The first-order chi connectivity index (χ1) is 15.0. The summed E-state index contributed by atoms with van der Waals surface area (Å²) in [7, 11) is 0. The topological polar surface area (TPSA) is 98.8 Å². The van der Waals surface area contributed by atoms with Crippen LogP contribution in [-0.2, 0) is 16.6 Å². The predicted octanol–water partition coefficient (Wildman–Crippen LogP) is 1.57. The minimum atomic E-state index is -0.803. The molecule has 1 amide bonds. The Morgan fingerprint density at radius 2 is 1.90 bits per heavy atom. The molecule has 0 radical (unpaired) electrons. The zero-order valence-corrected chi connectivity index (χ0v) is 17.2. The summed E-state index contributed by atoms with van der Waals surface area (Å²) in [4.78, 5) is 37.2. The summed E-state index contributed by atoms with van der Waals surface area (Å²) >= 11 is 0. The van der Waals surface area contributed by atoms with Crippen molar-refractivity contribution in [2.24, 2.45) is 0 Å². The fraction of sp³-hybridized carbons (Fsp3) is 0.500.